The predicted octanol–water partition coefficient (Wildman–Crippen LogP) is 5.36. The molecule has 2 aromatic heterocycles. The molecule has 2 N–H and O–H groups in total. The molecule has 14 heteroatoms. The third-order valence-electron chi connectivity index (χ3n) is 6.69. The van der Waals surface area contributed by atoms with Crippen LogP contribution in [0.2, 0.25) is 0 Å². The van der Waals surface area contributed by atoms with Crippen LogP contribution in [0.25, 0.3) is 5.69 Å². The number of carbonyl (C=O) groups is 4. The van der Waals surface area contributed by atoms with Crippen LogP contribution in [0.1, 0.15) is 68.1 Å². The summed E-state index contributed by atoms with van der Waals surface area (Å²) in [6, 6.07) is 14.6. The van der Waals surface area contributed by atoms with Crippen LogP contribution in [0.5, 0.6) is 5.75 Å². The van der Waals surface area contributed by atoms with Gasteiger partial charge in [-0.15, -0.1) is 21.5 Å². The lowest BCUT2D eigenvalue weighted by Gasteiger charge is -2.15. The van der Waals surface area contributed by atoms with E-state index in [1.807, 2.05) is 31.2 Å². The molecule has 4 aromatic rings. The van der Waals surface area contributed by atoms with Gasteiger partial charge in [0.25, 0.3) is 5.91 Å². The lowest BCUT2D eigenvalue weighted by Crippen LogP contribution is -2.25. The highest BCUT2D eigenvalue weighted by atomic mass is 32.2. The standard InChI is InChI=1S/C32H35N5O7S2/c1-7-43-30(40)25-19(4)26(31(41)44-8-2)46-29(25)34-27(38)20(5)45-32-36-35-24(37(32)21-13-11-12-18(3)16-21)17-33-28(39)22-14-9-10-15-23(22)42-6/h9-16,20H,7-8,17H2,1-6H3,(H,33,39)(H,34,38)/t20-/m1/s1. The number of rotatable bonds is 13. The number of para-hydroxylation sites is 1. The van der Waals surface area contributed by atoms with Crippen LogP contribution >= 0.6 is 23.1 Å². The Kier molecular flexibility index (Phi) is 11.6. The summed E-state index contributed by atoms with van der Waals surface area (Å²) >= 11 is 2.10. The highest BCUT2D eigenvalue weighted by molar-refractivity contribution is 8.00. The lowest BCUT2D eigenvalue weighted by atomic mass is 10.1. The highest BCUT2D eigenvalue weighted by Crippen LogP contribution is 2.35. The zero-order chi connectivity index (χ0) is 33.4. The molecule has 0 aliphatic heterocycles. The van der Waals surface area contributed by atoms with Crippen LogP contribution in [0.3, 0.4) is 0 Å². The third-order valence-corrected chi connectivity index (χ3v) is 8.92. The fraction of sp³-hybridized carbons (Fsp3) is 0.312. The predicted molar refractivity (Wildman–Crippen MR) is 175 cm³/mol. The Bertz CT molecular complexity index is 1750. The number of thioether (sulfide) groups is 1. The number of esters is 2. The molecule has 2 aromatic carbocycles. The molecule has 46 heavy (non-hydrogen) atoms. The minimum absolute atomic E-state index is 0.0486. The van der Waals surface area contributed by atoms with E-state index in [9.17, 15) is 19.2 Å². The number of nitrogens with one attached hydrogen (secondary N) is 2. The second kappa shape index (κ2) is 15.5. The number of aryl methyl sites for hydroxylation is 1. The average Bonchev–Trinajstić information content (AvgIpc) is 3.59. The van der Waals surface area contributed by atoms with Gasteiger partial charge >= 0.3 is 11.9 Å². The molecule has 242 valence electrons. The molecule has 0 radical (unpaired) electrons. The normalized spacial score (nSPS) is 11.4. The molecule has 1 atom stereocenters. The van der Waals surface area contributed by atoms with E-state index in [2.05, 4.69) is 20.8 Å². The molecule has 0 aliphatic rings. The van der Waals surface area contributed by atoms with Crippen LogP contribution in [0.4, 0.5) is 5.00 Å². The molecule has 0 bridgehead atoms. The molecule has 0 aliphatic carbocycles. The minimum atomic E-state index is -0.715. The van der Waals surface area contributed by atoms with Gasteiger partial charge in [-0.3, -0.25) is 14.2 Å². The van der Waals surface area contributed by atoms with Crippen molar-refractivity contribution in [3.63, 3.8) is 0 Å². The molecule has 0 saturated carbocycles. The van der Waals surface area contributed by atoms with Gasteiger partial charge in [0.05, 0.1) is 43.2 Å². The van der Waals surface area contributed by atoms with Gasteiger partial charge in [-0.1, -0.05) is 36.0 Å². The van der Waals surface area contributed by atoms with Crippen LogP contribution < -0.4 is 15.4 Å². The zero-order valence-electron chi connectivity index (χ0n) is 26.3. The molecule has 0 unspecified atom stereocenters. The number of nitrogens with zero attached hydrogens (tertiary/aromatic N) is 3. The van der Waals surface area contributed by atoms with E-state index in [1.54, 1.807) is 56.5 Å². The quantitative estimate of drug-likeness (QED) is 0.141. The lowest BCUT2D eigenvalue weighted by molar-refractivity contribution is -0.115. The first-order valence-electron chi connectivity index (χ1n) is 14.5. The van der Waals surface area contributed by atoms with Gasteiger partial charge < -0.3 is 24.8 Å². The SMILES string of the molecule is CCOC(=O)c1sc(NC(=O)[C@@H](C)Sc2nnc(CNC(=O)c3ccccc3OC)n2-c2cccc(C)c2)c(C(=O)OCC)c1C. The van der Waals surface area contributed by atoms with E-state index < -0.39 is 23.1 Å². The molecular formula is C32H35N5O7S2. The number of aromatic nitrogens is 3. The summed E-state index contributed by atoms with van der Waals surface area (Å²) in [5, 5.41) is 14.3. The van der Waals surface area contributed by atoms with Crippen molar-refractivity contribution in [3.8, 4) is 11.4 Å². The average molecular weight is 666 g/mol. The Balaban J connectivity index is 1.59. The Morgan fingerprint density at radius 2 is 1.70 bits per heavy atom. The molecule has 2 heterocycles. The summed E-state index contributed by atoms with van der Waals surface area (Å²) in [6.07, 6.45) is 0. The minimum Gasteiger partial charge on any atom is -0.496 e. The van der Waals surface area contributed by atoms with Gasteiger partial charge in [0.15, 0.2) is 11.0 Å². The fourth-order valence-corrected chi connectivity index (χ4v) is 6.45. The van der Waals surface area contributed by atoms with E-state index in [0.29, 0.717) is 27.9 Å². The second-order valence-electron chi connectivity index (χ2n) is 9.91. The van der Waals surface area contributed by atoms with E-state index in [-0.39, 0.29) is 41.1 Å². The first-order chi connectivity index (χ1) is 22.1. The van der Waals surface area contributed by atoms with Gasteiger partial charge in [0.1, 0.15) is 15.6 Å². The van der Waals surface area contributed by atoms with Gasteiger partial charge in [-0.25, -0.2) is 9.59 Å². The van der Waals surface area contributed by atoms with E-state index in [1.165, 1.54) is 7.11 Å². The van der Waals surface area contributed by atoms with Gasteiger partial charge in [0, 0.05) is 5.69 Å². The van der Waals surface area contributed by atoms with E-state index in [0.717, 1.165) is 34.3 Å². The summed E-state index contributed by atoms with van der Waals surface area (Å²) in [5.41, 5.74) is 2.60. The van der Waals surface area contributed by atoms with E-state index in [4.69, 9.17) is 14.2 Å². The van der Waals surface area contributed by atoms with Crippen LogP contribution in [-0.2, 0) is 20.8 Å². The maximum Gasteiger partial charge on any atom is 0.348 e. The molecule has 4 rings (SSSR count). The summed E-state index contributed by atoms with van der Waals surface area (Å²) < 4.78 is 17.4. The summed E-state index contributed by atoms with van der Waals surface area (Å²) in [5.74, 6) is -1.13. The van der Waals surface area contributed by atoms with Gasteiger partial charge in [-0.05, 0) is 70.0 Å². The van der Waals surface area contributed by atoms with Crippen LogP contribution in [0, 0.1) is 13.8 Å². The van der Waals surface area contributed by atoms with Crippen molar-refractivity contribution in [2.24, 2.45) is 0 Å². The Labute approximate surface area is 274 Å². The number of methoxy groups -OCH3 is 1. The first kappa shape index (κ1) is 34.2. The van der Waals surface area contributed by atoms with Crippen molar-refractivity contribution in [1.82, 2.24) is 20.1 Å². The number of benzene rings is 2. The monoisotopic (exact) mass is 665 g/mol. The largest absolute Gasteiger partial charge is 0.496 e. The van der Waals surface area contributed by atoms with Crippen molar-refractivity contribution in [2.45, 2.75) is 51.6 Å². The van der Waals surface area contributed by atoms with Crippen molar-refractivity contribution in [1.29, 1.82) is 0 Å². The summed E-state index contributed by atoms with van der Waals surface area (Å²) in [4.78, 5) is 52.0. The summed E-state index contributed by atoms with van der Waals surface area (Å²) in [7, 11) is 1.50. The number of ether oxygens (including phenoxy) is 3. The fourth-order valence-electron chi connectivity index (χ4n) is 4.47. The number of amides is 2. The van der Waals surface area contributed by atoms with Crippen molar-refractivity contribution >= 4 is 51.9 Å². The number of thiophene rings is 1. The highest BCUT2D eigenvalue weighted by Gasteiger charge is 2.29. The molecular weight excluding hydrogens is 631 g/mol. The Morgan fingerprint density at radius 3 is 2.39 bits per heavy atom. The van der Waals surface area contributed by atoms with Gasteiger partial charge in [-0.2, -0.15) is 0 Å². The first-order valence-corrected chi connectivity index (χ1v) is 16.2. The topological polar surface area (TPSA) is 151 Å². The molecule has 12 nitrogen and oxygen atoms in total. The van der Waals surface area contributed by atoms with Gasteiger partial charge in [0.2, 0.25) is 5.91 Å². The van der Waals surface area contributed by atoms with Crippen molar-refractivity contribution < 1.29 is 33.4 Å². The van der Waals surface area contributed by atoms with Crippen LogP contribution in [0.15, 0.2) is 53.7 Å². The maximum absolute atomic E-state index is 13.5. The smallest absolute Gasteiger partial charge is 0.348 e. The molecule has 2 amide bonds. The van der Waals surface area contributed by atoms with Crippen molar-refractivity contribution in [2.75, 3.05) is 25.6 Å². The number of hydrogen-bond donors (Lipinski definition) is 2. The number of hydrogen-bond acceptors (Lipinski definition) is 11. The van der Waals surface area contributed by atoms with Crippen molar-refractivity contribution in [3.05, 3.63) is 81.5 Å². The third kappa shape index (κ3) is 7.74. The molecule has 0 spiro atoms. The second-order valence-corrected chi connectivity index (χ2v) is 12.2. The van der Waals surface area contributed by atoms with E-state index >= 15 is 0 Å². The number of carbonyl (C=O) groups excluding carboxylic acids is 4. The summed E-state index contributed by atoms with van der Waals surface area (Å²) in [6.45, 7) is 8.94. The Hall–Kier alpha value is -4.69. The van der Waals surface area contributed by atoms with Crippen LogP contribution in [-0.4, -0.2) is 64.1 Å². The Morgan fingerprint density at radius 1 is 0.978 bits per heavy atom. The molecule has 0 fully saturated rings. The zero-order valence-corrected chi connectivity index (χ0v) is 28.0. The number of anilines is 1. The maximum atomic E-state index is 13.5. The molecule has 0 saturated heterocycles.